The van der Waals surface area contributed by atoms with Crippen LogP contribution in [0.25, 0.3) is 0 Å². The molecular formula is C18H26O4. The Morgan fingerprint density at radius 2 is 1.50 bits per heavy atom. The van der Waals surface area contributed by atoms with Crippen LogP contribution in [0.5, 0.6) is 11.5 Å². The van der Waals surface area contributed by atoms with Crippen molar-refractivity contribution >= 4 is 0 Å². The fourth-order valence-electron chi connectivity index (χ4n) is 1.88. The summed E-state index contributed by atoms with van der Waals surface area (Å²) in [6, 6.07) is 5.84. The highest BCUT2D eigenvalue weighted by Crippen LogP contribution is 2.34. The summed E-state index contributed by atoms with van der Waals surface area (Å²) in [5.74, 6) is 1.64. The van der Waals surface area contributed by atoms with Crippen LogP contribution in [0.4, 0.5) is 0 Å². The van der Waals surface area contributed by atoms with Crippen molar-refractivity contribution in [3.8, 4) is 11.5 Å². The number of hydrogen-bond acceptors (Lipinski definition) is 4. The van der Waals surface area contributed by atoms with Gasteiger partial charge in [0.2, 0.25) is 0 Å². The molecule has 4 nitrogen and oxygen atoms in total. The molecule has 0 aliphatic rings. The zero-order valence-electron chi connectivity index (χ0n) is 13.8. The molecule has 0 aliphatic heterocycles. The van der Waals surface area contributed by atoms with Crippen LogP contribution in [0, 0.1) is 0 Å². The van der Waals surface area contributed by atoms with E-state index in [0.717, 1.165) is 17.1 Å². The lowest BCUT2D eigenvalue weighted by Gasteiger charge is -2.23. The number of hydrogen-bond donors (Lipinski definition) is 0. The molecule has 0 atom stereocenters. The van der Waals surface area contributed by atoms with Gasteiger partial charge < -0.3 is 18.9 Å². The number of ether oxygens (including phenoxy) is 4. The summed E-state index contributed by atoms with van der Waals surface area (Å²) >= 11 is 0. The molecular weight excluding hydrogens is 280 g/mol. The van der Waals surface area contributed by atoms with Crippen LogP contribution < -0.4 is 9.47 Å². The molecule has 1 aromatic carbocycles. The van der Waals surface area contributed by atoms with Crippen molar-refractivity contribution in [2.24, 2.45) is 0 Å². The van der Waals surface area contributed by atoms with E-state index >= 15 is 0 Å². The maximum Gasteiger partial charge on any atom is 0.123 e. The first kappa shape index (κ1) is 18.0. The molecule has 4 heteroatoms. The van der Waals surface area contributed by atoms with E-state index in [0.29, 0.717) is 26.4 Å². The average molecular weight is 306 g/mol. The molecule has 0 saturated carbocycles. The fourth-order valence-corrected chi connectivity index (χ4v) is 1.88. The molecule has 0 saturated heterocycles. The molecule has 0 bridgehead atoms. The second kappa shape index (κ2) is 9.03. The van der Waals surface area contributed by atoms with Gasteiger partial charge in [0.25, 0.3) is 0 Å². The standard InChI is InChI=1S/C18H26O4/c1-6-19-10-12-21-15-8-9-17(22-13-11-20-7-2)16(14-15)18(3,4)5/h6-9,14H,1-2,10-13H2,3-5H3. The van der Waals surface area contributed by atoms with Gasteiger partial charge in [0.05, 0.1) is 12.5 Å². The van der Waals surface area contributed by atoms with E-state index < -0.39 is 0 Å². The van der Waals surface area contributed by atoms with Gasteiger partial charge in [-0.05, 0) is 23.6 Å². The van der Waals surface area contributed by atoms with Crippen LogP contribution in [0.2, 0.25) is 0 Å². The van der Waals surface area contributed by atoms with Crippen LogP contribution in [-0.2, 0) is 14.9 Å². The second-order valence-corrected chi connectivity index (χ2v) is 5.68. The zero-order valence-corrected chi connectivity index (χ0v) is 13.8. The molecule has 0 unspecified atom stereocenters. The summed E-state index contributed by atoms with van der Waals surface area (Å²) in [4.78, 5) is 0. The predicted molar refractivity (Wildman–Crippen MR) is 88.4 cm³/mol. The first-order chi connectivity index (χ1) is 10.5. The van der Waals surface area contributed by atoms with E-state index in [4.69, 9.17) is 18.9 Å². The van der Waals surface area contributed by atoms with Crippen molar-refractivity contribution in [2.45, 2.75) is 26.2 Å². The largest absolute Gasteiger partial charge is 0.498 e. The smallest absolute Gasteiger partial charge is 0.123 e. The van der Waals surface area contributed by atoms with Crippen LogP contribution >= 0.6 is 0 Å². The summed E-state index contributed by atoms with van der Waals surface area (Å²) in [6.07, 6.45) is 2.82. The van der Waals surface area contributed by atoms with E-state index in [1.165, 1.54) is 12.5 Å². The Morgan fingerprint density at radius 3 is 2.05 bits per heavy atom. The molecule has 0 aromatic heterocycles. The summed E-state index contributed by atoms with van der Waals surface area (Å²) in [7, 11) is 0. The number of benzene rings is 1. The van der Waals surface area contributed by atoms with Crippen LogP contribution in [0.1, 0.15) is 26.3 Å². The van der Waals surface area contributed by atoms with Crippen molar-refractivity contribution in [1.29, 1.82) is 0 Å². The third-order valence-corrected chi connectivity index (χ3v) is 2.92. The predicted octanol–water partition coefficient (Wildman–Crippen LogP) is 4.06. The lowest BCUT2D eigenvalue weighted by Crippen LogP contribution is -2.15. The Balaban J connectivity index is 2.75. The lowest BCUT2D eigenvalue weighted by atomic mass is 9.86. The van der Waals surface area contributed by atoms with Crippen molar-refractivity contribution in [3.05, 3.63) is 49.4 Å². The monoisotopic (exact) mass is 306 g/mol. The maximum absolute atomic E-state index is 5.80. The Hall–Kier alpha value is -2.10. The van der Waals surface area contributed by atoms with Crippen LogP contribution in [-0.4, -0.2) is 26.4 Å². The highest BCUT2D eigenvalue weighted by atomic mass is 16.5. The molecule has 1 rings (SSSR count). The molecule has 0 amide bonds. The summed E-state index contributed by atoms with van der Waals surface area (Å²) in [5, 5.41) is 0. The minimum atomic E-state index is -0.0500. The zero-order chi connectivity index (χ0) is 16.4. The van der Waals surface area contributed by atoms with Crippen molar-refractivity contribution in [2.75, 3.05) is 26.4 Å². The summed E-state index contributed by atoms with van der Waals surface area (Å²) in [5.41, 5.74) is 1.04. The third-order valence-electron chi connectivity index (χ3n) is 2.92. The van der Waals surface area contributed by atoms with E-state index in [2.05, 4.69) is 33.9 Å². The van der Waals surface area contributed by atoms with Gasteiger partial charge in [-0.15, -0.1) is 0 Å². The fraction of sp³-hybridized carbons (Fsp3) is 0.444. The first-order valence-corrected chi connectivity index (χ1v) is 7.34. The SMILES string of the molecule is C=COCCOc1ccc(OCCOC=C)c(C(C)(C)C)c1. The molecule has 0 N–H and O–H groups in total. The molecule has 0 spiro atoms. The molecule has 0 radical (unpaired) electrons. The van der Waals surface area contributed by atoms with Crippen LogP contribution in [0.3, 0.4) is 0 Å². The Morgan fingerprint density at radius 1 is 0.909 bits per heavy atom. The van der Waals surface area contributed by atoms with Crippen molar-refractivity contribution in [1.82, 2.24) is 0 Å². The van der Waals surface area contributed by atoms with Gasteiger partial charge >= 0.3 is 0 Å². The summed E-state index contributed by atoms with van der Waals surface area (Å²) < 4.78 is 21.6. The lowest BCUT2D eigenvalue weighted by molar-refractivity contribution is 0.175. The molecule has 122 valence electrons. The van der Waals surface area contributed by atoms with Gasteiger partial charge in [-0.2, -0.15) is 0 Å². The highest BCUT2D eigenvalue weighted by molar-refractivity contribution is 5.44. The number of rotatable bonds is 10. The van der Waals surface area contributed by atoms with E-state index in [1.807, 2.05) is 18.2 Å². The maximum atomic E-state index is 5.80. The van der Waals surface area contributed by atoms with Crippen LogP contribution in [0.15, 0.2) is 43.9 Å². The van der Waals surface area contributed by atoms with Gasteiger partial charge in [-0.1, -0.05) is 33.9 Å². The highest BCUT2D eigenvalue weighted by Gasteiger charge is 2.20. The molecule has 0 fully saturated rings. The van der Waals surface area contributed by atoms with Gasteiger partial charge in [0.1, 0.15) is 37.9 Å². The van der Waals surface area contributed by atoms with E-state index in [1.54, 1.807) is 0 Å². The van der Waals surface area contributed by atoms with Crippen molar-refractivity contribution in [3.63, 3.8) is 0 Å². The normalized spacial score (nSPS) is 10.7. The Kier molecular flexibility index (Phi) is 7.37. The average Bonchev–Trinajstić information content (AvgIpc) is 2.48. The molecule has 22 heavy (non-hydrogen) atoms. The molecule has 0 aliphatic carbocycles. The Labute approximate surface area is 133 Å². The minimum Gasteiger partial charge on any atom is -0.498 e. The Bertz CT molecular complexity index is 474. The molecule has 0 heterocycles. The quantitative estimate of drug-likeness (QED) is 0.482. The third kappa shape index (κ3) is 6.12. The van der Waals surface area contributed by atoms with E-state index in [9.17, 15) is 0 Å². The summed E-state index contributed by atoms with van der Waals surface area (Å²) in [6.45, 7) is 15.3. The van der Waals surface area contributed by atoms with Crippen molar-refractivity contribution < 1.29 is 18.9 Å². The molecule has 1 aromatic rings. The first-order valence-electron chi connectivity index (χ1n) is 7.34. The minimum absolute atomic E-state index is 0.0500. The van der Waals surface area contributed by atoms with E-state index in [-0.39, 0.29) is 5.41 Å². The van der Waals surface area contributed by atoms with Gasteiger partial charge in [0, 0.05) is 5.56 Å². The van der Waals surface area contributed by atoms with Gasteiger partial charge in [-0.25, -0.2) is 0 Å². The van der Waals surface area contributed by atoms with Gasteiger partial charge in [-0.3, -0.25) is 0 Å². The second-order valence-electron chi connectivity index (χ2n) is 5.68. The topological polar surface area (TPSA) is 36.9 Å². The van der Waals surface area contributed by atoms with Gasteiger partial charge in [0.15, 0.2) is 0 Å².